The van der Waals surface area contributed by atoms with Crippen molar-refractivity contribution in [3.8, 4) is 0 Å². The highest BCUT2D eigenvalue weighted by atomic mass is 79.9. The normalized spacial score (nSPS) is 17.5. The Morgan fingerprint density at radius 3 is 2.47 bits per heavy atom. The van der Waals surface area contributed by atoms with E-state index in [4.69, 9.17) is 4.74 Å². The zero-order valence-electron chi connectivity index (χ0n) is 9.71. The van der Waals surface area contributed by atoms with Crippen LogP contribution >= 0.6 is 15.9 Å². The Morgan fingerprint density at radius 1 is 1.60 bits per heavy atom. The van der Waals surface area contributed by atoms with Gasteiger partial charge in [-0.2, -0.15) is 0 Å². The molecule has 0 radical (unpaired) electrons. The number of carbonyl (C=O) groups is 1. The average Bonchev–Trinajstić information content (AvgIpc) is 2.11. The van der Waals surface area contributed by atoms with Crippen LogP contribution < -0.4 is 5.11 Å². The summed E-state index contributed by atoms with van der Waals surface area (Å²) in [6.07, 6.45) is 6.52. The van der Waals surface area contributed by atoms with E-state index in [1.54, 1.807) is 14.0 Å². The molecule has 0 aliphatic heterocycles. The van der Waals surface area contributed by atoms with Gasteiger partial charge in [0.2, 0.25) is 5.44 Å². The first-order valence-corrected chi connectivity index (χ1v) is 7.70. The van der Waals surface area contributed by atoms with Crippen molar-refractivity contribution in [3.05, 3.63) is 0 Å². The molecule has 0 rings (SSSR count). The number of carboxylic acid groups (broad SMARTS) is 1. The molecule has 3 nitrogen and oxygen atoms in total. The number of methoxy groups -OCH3 is 1. The first-order chi connectivity index (χ1) is 6.81. The van der Waals surface area contributed by atoms with E-state index < -0.39 is 10.3 Å². The van der Waals surface area contributed by atoms with Crippen LogP contribution in [0.3, 0.4) is 0 Å². The topological polar surface area (TPSA) is 49.4 Å². The zero-order valence-corrected chi connectivity index (χ0v) is 12.1. The zero-order chi connectivity index (χ0) is 12.1. The number of carboxylic acids is 1. The fourth-order valence-electron chi connectivity index (χ4n) is 1.25. The van der Waals surface area contributed by atoms with Crippen LogP contribution in [0.4, 0.5) is 0 Å². The number of carbonyl (C=O) groups excluding carboxylic acids is 1. The standard InChI is InChI=1S/C10H19BrO3S/c1-10(11,9(12)13)7-5-6-8(14-2)15(3)4/h8H,5-7H2,1-4H3. The van der Waals surface area contributed by atoms with E-state index in [0.717, 1.165) is 12.8 Å². The fraction of sp³-hybridized carbons (Fsp3) is 0.900. The maximum Gasteiger partial charge on any atom is 0.217 e. The molecule has 0 heterocycles. The highest BCUT2D eigenvalue weighted by molar-refractivity contribution is 9.10. The largest absolute Gasteiger partial charge is 0.549 e. The smallest absolute Gasteiger partial charge is 0.217 e. The first kappa shape index (κ1) is 15.3. The quantitative estimate of drug-likeness (QED) is 0.519. The van der Waals surface area contributed by atoms with Crippen molar-refractivity contribution >= 4 is 32.8 Å². The molecular weight excluding hydrogens is 280 g/mol. The molecule has 15 heavy (non-hydrogen) atoms. The lowest BCUT2D eigenvalue weighted by Gasteiger charge is -2.23. The Kier molecular flexibility index (Phi) is 6.88. The van der Waals surface area contributed by atoms with Crippen LogP contribution in [0.25, 0.3) is 0 Å². The summed E-state index contributed by atoms with van der Waals surface area (Å²) < 4.78 is 4.41. The maximum absolute atomic E-state index is 10.7. The maximum atomic E-state index is 10.7. The lowest BCUT2D eigenvalue weighted by molar-refractivity contribution is -0.308. The minimum Gasteiger partial charge on any atom is -0.549 e. The van der Waals surface area contributed by atoms with E-state index in [1.165, 1.54) is 0 Å². The average molecular weight is 299 g/mol. The third-order valence-corrected chi connectivity index (χ3v) is 4.50. The lowest BCUT2D eigenvalue weighted by Crippen LogP contribution is -2.41. The molecule has 0 aromatic heterocycles. The van der Waals surface area contributed by atoms with Crippen LogP contribution in [0, 0.1) is 0 Å². The van der Waals surface area contributed by atoms with Crippen molar-refractivity contribution in [2.75, 3.05) is 19.6 Å². The van der Waals surface area contributed by atoms with Gasteiger partial charge < -0.3 is 14.6 Å². The van der Waals surface area contributed by atoms with Gasteiger partial charge in [0.1, 0.15) is 0 Å². The van der Waals surface area contributed by atoms with E-state index in [0.29, 0.717) is 6.42 Å². The molecule has 0 N–H and O–H groups in total. The fourth-order valence-corrected chi connectivity index (χ4v) is 2.55. The van der Waals surface area contributed by atoms with Crippen molar-refractivity contribution in [2.24, 2.45) is 0 Å². The van der Waals surface area contributed by atoms with Gasteiger partial charge in [-0.3, -0.25) is 0 Å². The Morgan fingerprint density at radius 2 is 2.13 bits per heavy atom. The van der Waals surface area contributed by atoms with Crippen molar-refractivity contribution < 1.29 is 14.6 Å². The minimum atomic E-state index is -1.05. The highest BCUT2D eigenvalue weighted by Crippen LogP contribution is 2.24. The van der Waals surface area contributed by atoms with Crippen molar-refractivity contribution in [2.45, 2.75) is 35.9 Å². The summed E-state index contributed by atoms with van der Waals surface area (Å²) in [5.74, 6) is -1.05. The number of ether oxygens (including phenoxy) is 1. The van der Waals surface area contributed by atoms with E-state index in [9.17, 15) is 9.90 Å². The molecule has 0 aliphatic rings. The molecule has 0 fully saturated rings. The van der Waals surface area contributed by atoms with Gasteiger partial charge in [0, 0.05) is 24.4 Å². The summed E-state index contributed by atoms with van der Waals surface area (Å²) >= 11 is 3.15. The number of hydrogen-bond donors (Lipinski definition) is 0. The molecule has 0 bridgehead atoms. The first-order valence-electron chi connectivity index (χ1n) is 4.81. The molecule has 2 atom stereocenters. The predicted molar refractivity (Wildman–Crippen MR) is 66.2 cm³/mol. The van der Waals surface area contributed by atoms with Gasteiger partial charge in [0.25, 0.3) is 0 Å². The van der Waals surface area contributed by atoms with E-state index in [1.807, 2.05) is 0 Å². The highest BCUT2D eigenvalue weighted by Gasteiger charge is 2.25. The van der Waals surface area contributed by atoms with Gasteiger partial charge in [0.15, 0.2) is 0 Å². The SMILES string of the molecule is COC(CCCC(C)(Br)C(=O)[O-])[S+](C)C. The minimum absolute atomic E-state index is 0.207. The Hall–Kier alpha value is 0.260. The van der Waals surface area contributed by atoms with Crippen LogP contribution in [0.1, 0.15) is 26.2 Å². The molecule has 0 spiro atoms. The van der Waals surface area contributed by atoms with Gasteiger partial charge >= 0.3 is 0 Å². The number of hydrogen-bond acceptors (Lipinski definition) is 3. The van der Waals surface area contributed by atoms with Gasteiger partial charge in [-0.25, -0.2) is 0 Å². The second-order valence-electron chi connectivity index (χ2n) is 3.92. The molecule has 5 heteroatoms. The van der Waals surface area contributed by atoms with Crippen LogP contribution in [-0.2, 0) is 20.4 Å². The molecule has 0 saturated heterocycles. The molecule has 0 aliphatic carbocycles. The van der Waals surface area contributed by atoms with Crippen LogP contribution in [-0.4, -0.2) is 35.4 Å². The second kappa shape index (κ2) is 6.76. The van der Waals surface area contributed by atoms with Gasteiger partial charge in [-0.1, -0.05) is 15.9 Å². The van der Waals surface area contributed by atoms with Gasteiger partial charge in [-0.15, -0.1) is 0 Å². The van der Waals surface area contributed by atoms with Crippen LogP contribution in [0.15, 0.2) is 0 Å². The van der Waals surface area contributed by atoms with Gasteiger partial charge in [0.05, 0.1) is 22.8 Å². The monoisotopic (exact) mass is 298 g/mol. The number of alkyl halides is 1. The second-order valence-corrected chi connectivity index (χ2v) is 7.96. The number of aliphatic carboxylic acids is 1. The number of rotatable bonds is 7. The Labute approximate surface area is 103 Å². The van der Waals surface area contributed by atoms with Crippen LogP contribution in [0.5, 0.6) is 0 Å². The van der Waals surface area contributed by atoms with Crippen molar-refractivity contribution in [1.82, 2.24) is 0 Å². The predicted octanol–water partition coefficient (Wildman–Crippen LogP) is 0.911. The molecule has 2 unspecified atom stereocenters. The molecule has 0 saturated carbocycles. The lowest BCUT2D eigenvalue weighted by atomic mass is 10.0. The molecule has 0 aromatic carbocycles. The number of halogens is 1. The molecule has 90 valence electrons. The van der Waals surface area contributed by atoms with Gasteiger partial charge in [-0.05, 0) is 19.8 Å². The summed E-state index contributed by atoms with van der Waals surface area (Å²) in [5.41, 5.74) is 0.232. The third-order valence-electron chi connectivity index (χ3n) is 2.30. The van der Waals surface area contributed by atoms with Crippen molar-refractivity contribution in [1.29, 1.82) is 0 Å². The molecule has 0 aromatic rings. The summed E-state index contributed by atoms with van der Waals surface area (Å²) in [6.45, 7) is 1.63. The Bertz CT molecular complexity index is 207. The Balaban J connectivity index is 3.92. The molecule has 0 amide bonds. The third kappa shape index (κ3) is 5.78. The van der Waals surface area contributed by atoms with E-state index >= 15 is 0 Å². The van der Waals surface area contributed by atoms with Crippen LogP contribution in [0.2, 0.25) is 0 Å². The molecular formula is C10H19BrO3S. The van der Waals surface area contributed by atoms with Crippen molar-refractivity contribution in [3.63, 3.8) is 0 Å². The summed E-state index contributed by atoms with van der Waals surface area (Å²) in [6, 6.07) is 0. The van der Waals surface area contributed by atoms with E-state index in [-0.39, 0.29) is 16.3 Å². The summed E-state index contributed by atoms with van der Waals surface area (Å²) in [7, 11) is 1.91. The summed E-state index contributed by atoms with van der Waals surface area (Å²) in [4.78, 5) is 10.7. The van der Waals surface area contributed by atoms with E-state index in [2.05, 4.69) is 28.4 Å². The summed E-state index contributed by atoms with van der Waals surface area (Å²) in [5, 5.41) is 10.7.